The van der Waals surface area contributed by atoms with E-state index in [0.29, 0.717) is 9.21 Å². The molecule has 2 amide bonds. The first-order chi connectivity index (χ1) is 19.4. The van der Waals surface area contributed by atoms with Crippen molar-refractivity contribution in [2.45, 2.75) is 36.9 Å². The third kappa shape index (κ3) is 5.40. The van der Waals surface area contributed by atoms with Crippen LogP contribution in [-0.4, -0.2) is 73.5 Å². The number of alkyl halides is 5. The molecule has 0 bridgehead atoms. The standard InChI is InChI=1S/C24H19Cl2F6N3O6S/c1-11-5-12(18-8-23(41-33-18,24(30,31)32)13-6-16(25)19(27)17(26)7-13)3-4-15(11)20(36)35(22(37)40-2)14-9-34(10-14)42(38,39)21(28)29/h3-7,14,21H,8-10H2,1-2H3/t23-/m0/s1. The van der Waals surface area contributed by atoms with E-state index in [1.54, 1.807) is 0 Å². The fraction of sp³-hybridized carbons (Fsp3) is 0.375. The van der Waals surface area contributed by atoms with Gasteiger partial charge in [-0.3, -0.25) is 4.79 Å². The summed E-state index contributed by atoms with van der Waals surface area (Å²) in [5.41, 5.74) is -3.67. The highest BCUT2D eigenvalue weighted by Crippen LogP contribution is 2.50. The van der Waals surface area contributed by atoms with Gasteiger partial charge < -0.3 is 9.57 Å². The lowest BCUT2D eigenvalue weighted by Gasteiger charge is -2.42. The largest absolute Gasteiger partial charge is 0.452 e. The molecule has 0 unspecified atom stereocenters. The Labute approximate surface area is 244 Å². The minimum absolute atomic E-state index is 0.108. The molecule has 2 aliphatic heterocycles. The average Bonchev–Trinajstić information content (AvgIpc) is 3.35. The maximum atomic E-state index is 14.3. The maximum Gasteiger partial charge on any atom is 0.435 e. The SMILES string of the molecule is COC(=O)N(C(=O)c1ccc(C2=NO[C@@](c3cc(Cl)c(F)c(Cl)c3)(C(F)(F)F)C2)cc1C)C1CN(S(=O)(=O)C(F)F)C1. The lowest BCUT2D eigenvalue weighted by atomic mass is 9.86. The number of oxime groups is 1. The number of hydrogen-bond acceptors (Lipinski definition) is 7. The number of amides is 2. The van der Waals surface area contributed by atoms with Crippen LogP contribution in [0.1, 0.15) is 33.5 Å². The molecule has 1 fully saturated rings. The zero-order chi connectivity index (χ0) is 31.4. The van der Waals surface area contributed by atoms with Crippen molar-refractivity contribution >= 4 is 50.9 Å². The van der Waals surface area contributed by atoms with Crippen molar-refractivity contribution in [1.82, 2.24) is 9.21 Å². The molecular weight excluding hydrogens is 643 g/mol. The molecule has 0 radical (unpaired) electrons. The number of ether oxygens (including phenoxy) is 1. The number of hydrogen-bond donors (Lipinski definition) is 0. The van der Waals surface area contributed by atoms with Crippen LogP contribution in [0.5, 0.6) is 0 Å². The van der Waals surface area contributed by atoms with Crippen molar-refractivity contribution in [3.05, 3.63) is 68.4 Å². The van der Waals surface area contributed by atoms with Crippen LogP contribution >= 0.6 is 23.2 Å². The minimum atomic E-state index is -5.05. The molecular formula is C24H19Cl2F6N3O6S. The summed E-state index contributed by atoms with van der Waals surface area (Å²) in [6.07, 6.45) is -7.10. The first-order valence-electron chi connectivity index (χ1n) is 11.7. The van der Waals surface area contributed by atoms with Crippen molar-refractivity contribution in [3.63, 3.8) is 0 Å². The van der Waals surface area contributed by atoms with Gasteiger partial charge in [-0.15, -0.1) is 0 Å². The molecule has 1 saturated heterocycles. The van der Waals surface area contributed by atoms with Gasteiger partial charge in [0, 0.05) is 30.6 Å². The zero-order valence-corrected chi connectivity index (χ0v) is 23.7. The Hall–Kier alpha value is -3.08. The summed E-state index contributed by atoms with van der Waals surface area (Å²) >= 11 is 11.4. The number of aryl methyl sites for hydroxylation is 1. The average molecular weight is 662 g/mol. The van der Waals surface area contributed by atoms with Crippen LogP contribution in [0, 0.1) is 12.7 Å². The minimum Gasteiger partial charge on any atom is -0.452 e. The van der Waals surface area contributed by atoms with Gasteiger partial charge in [0.15, 0.2) is 5.82 Å². The molecule has 1 atom stereocenters. The summed E-state index contributed by atoms with van der Waals surface area (Å²) in [5.74, 6) is -5.76. The van der Waals surface area contributed by atoms with E-state index in [-0.39, 0.29) is 22.4 Å². The predicted molar refractivity (Wildman–Crippen MR) is 136 cm³/mol. The van der Waals surface area contributed by atoms with Gasteiger partial charge in [0.05, 0.1) is 28.9 Å². The molecule has 2 aliphatic rings. The molecule has 2 aromatic rings. The Morgan fingerprint density at radius 3 is 2.26 bits per heavy atom. The predicted octanol–water partition coefficient (Wildman–Crippen LogP) is 5.47. The molecule has 0 saturated carbocycles. The summed E-state index contributed by atoms with van der Waals surface area (Å²) in [4.78, 5) is 31.1. The van der Waals surface area contributed by atoms with Gasteiger partial charge in [-0.2, -0.15) is 26.3 Å². The molecule has 4 rings (SSSR count). The number of benzene rings is 2. The van der Waals surface area contributed by atoms with E-state index in [9.17, 15) is 44.3 Å². The molecule has 2 aromatic carbocycles. The van der Waals surface area contributed by atoms with Crippen LogP contribution in [0.15, 0.2) is 35.5 Å². The summed E-state index contributed by atoms with van der Waals surface area (Å²) in [7, 11) is -3.97. The van der Waals surface area contributed by atoms with Crippen molar-refractivity contribution in [1.29, 1.82) is 0 Å². The Kier molecular flexibility index (Phi) is 8.50. The lowest BCUT2D eigenvalue weighted by Crippen LogP contribution is -2.64. The smallest absolute Gasteiger partial charge is 0.435 e. The monoisotopic (exact) mass is 661 g/mol. The fourth-order valence-electron chi connectivity index (χ4n) is 4.46. The van der Waals surface area contributed by atoms with Crippen LogP contribution < -0.4 is 0 Å². The van der Waals surface area contributed by atoms with E-state index in [0.717, 1.165) is 19.2 Å². The van der Waals surface area contributed by atoms with Crippen molar-refractivity contribution in [2.24, 2.45) is 5.16 Å². The van der Waals surface area contributed by atoms with Crippen molar-refractivity contribution in [3.8, 4) is 0 Å². The maximum absolute atomic E-state index is 14.3. The Balaban J connectivity index is 1.60. The second kappa shape index (κ2) is 11.2. The molecule has 9 nitrogen and oxygen atoms in total. The molecule has 42 heavy (non-hydrogen) atoms. The number of imide groups is 1. The Morgan fingerprint density at radius 2 is 1.76 bits per heavy atom. The first kappa shape index (κ1) is 31.8. The molecule has 0 spiro atoms. The zero-order valence-electron chi connectivity index (χ0n) is 21.4. The normalized spacial score (nSPS) is 19.7. The second-order valence-corrected chi connectivity index (χ2v) is 12.1. The van der Waals surface area contributed by atoms with Crippen LogP contribution in [-0.2, 0) is 25.2 Å². The highest BCUT2D eigenvalue weighted by molar-refractivity contribution is 7.89. The first-order valence-corrected chi connectivity index (χ1v) is 14.0. The van der Waals surface area contributed by atoms with Crippen LogP contribution in [0.2, 0.25) is 10.0 Å². The molecule has 228 valence electrons. The van der Waals surface area contributed by atoms with E-state index in [1.807, 2.05) is 0 Å². The fourth-order valence-corrected chi connectivity index (χ4v) is 5.93. The number of rotatable bonds is 6. The third-order valence-corrected chi connectivity index (χ3v) is 8.81. The van der Waals surface area contributed by atoms with E-state index in [4.69, 9.17) is 28.0 Å². The number of carbonyl (C=O) groups excluding carboxylic acids is 2. The van der Waals surface area contributed by atoms with E-state index in [1.165, 1.54) is 25.1 Å². The molecule has 0 aromatic heterocycles. The number of methoxy groups -OCH3 is 1. The van der Waals surface area contributed by atoms with E-state index < -0.39 is 86.5 Å². The van der Waals surface area contributed by atoms with E-state index in [2.05, 4.69) is 9.89 Å². The van der Waals surface area contributed by atoms with Gasteiger partial charge in [0.25, 0.3) is 21.5 Å². The topological polar surface area (TPSA) is 106 Å². The van der Waals surface area contributed by atoms with Crippen LogP contribution in [0.25, 0.3) is 0 Å². The van der Waals surface area contributed by atoms with Crippen LogP contribution in [0.3, 0.4) is 0 Å². The van der Waals surface area contributed by atoms with Gasteiger partial charge >= 0.3 is 18.0 Å². The van der Waals surface area contributed by atoms with Gasteiger partial charge in [0.1, 0.15) is 0 Å². The summed E-state index contributed by atoms with van der Waals surface area (Å²) in [6, 6.07) is 4.08. The Morgan fingerprint density at radius 1 is 1.17 bits per heavy atom. The number of sulfonamides is 1. The molecule has 0 N–H and O–H groups in total. The summed E-state index contributed by atoms with van der Waals surface area (Å²) in [6.45, 7) is 0.235. The highest BCUT2D eigenvalue weighted by atomic mass is 35.5. The number of carbonyl (C=O) groups is 2. The Bertz CT molecular complexity index is 1560. The summed E-state index contributed by atoms with van der Waals surface area (Å²) < 4.78 is 111. The number of halogens is 8. The van der Waals surface area contributed by atoms with Gasteiger partial charge in [-0.25, -0.2) is 22.5 Å². The molecule has 2 heterocycles. The quantitative estimate of drug-likeness (QED) is 0.300. The number of nitrogens with zero attached hydrogens (tertiary/aromatic N) is 3. The molecule has 0 aliphatic carbocycles. The van der Waals surface area contributed by atoms with Crippen molar-refractivity contribution < 1.29 is 53.9 Å². The molecule has 18 heteroatoms. The van der Waals surface area contributed by atoms with E-state index >= 15 is 0 Å². The highest BCUT2D eigenvalue weighted by Gasteiger charge is 2.62. The third-order valence-electron chi connectivity index (χ3n) is 6.80. The second-order valence-electron chi connectivity index (χ2n) is 9.34. The van der Waals surface area contributed by atoms with Gasteiger partial charge in [0.2, 0.25) is 0 Å². The van der Waals surface area contributed by atoms with Crippen LogP contribution in [0.4, 0.5) is 31.1 Å². The lowest BCUT2D eigenvalue weighted by molar-refractivity contribution is -0.275. The van der Waals surface area contributed by atoms with Gasteiger partial charge in [-0.05, 0) is 42.3 Å². The van der Waals surface area contributed by atoms with Crippen molar-refractivity contribution in [2.75, 3.05) is 20.2 Å². The summed E-state index contributed by atoms with van der Waals surface area (Å²) in [5, 5.41) is 2.28. The van der Waals surface area contributed by atoms with Gasteiger partial charge in [-0.1, -0.05) is 34.4 Å².